The lowest BCUT2D eigenvalue weighted by Crippen LogP contribution is -2.56. The second-order valence-corrected chi connectivity index (χ2v) is 7.51. The lowest BCUT2D eigenvalue weighted by molar-refractivity contribution is -0.170. The van der Waals surface area contributed by atoms with Crippen LogP contribution in [0.5, 0.6) is 0 Å². The van der Waals surface area contributed by atoms with Gasteiger partial charge in [0, 0.05) is 30.6 Å². The van der Waals surface area contributed by atoms with Crippen molar-refractivity contribution in [2.75, 3.05) is 19.8 Å². The largest absolute Gasteiger partial charge is 0.537 e. The number of hydrogen-bond acceptors (Lipinski definition) is 5. The van der Waals surface area contributed by atoms with Gasteiger partial charge in [0.25, 0.3) is 0 Å². The Bertz CT molecular complexity index is 569. The van der Waals surface area contributed by atoms with Gasteiger partial charge in [-0.2, -0.15) is 13.2 Å². The summed E-state index contributed by atoms with van der Waals surface area (Å²) in [5.41, 5.74) is 0.00810. The molecule has 0 spiro atoms. The molecule has 0 saturated heterocycles. The molecule has 0 aliphatic heterocycles. The third-order valence-electron chi connectivity index (χ3n) is 3.20. The minimum Gasteiger partial charge on any atom is -0.370 e. The lowest BCUT2D eigenvalue weighted by Gasteiger charge is -2.28. The van der Waals surface area contributed by atoms with Crippen LogP contribution in [0.3, 0.4) is 0 Å². The Morgan fingerprint density at radius 1 is 0.920 bits per heavy atom. The minimum absolute atomic E-state index is 0.00810. The van der Waals surface area contributed by atoms with Crippen LogP contribution < -0.4 is 5.19 Å². The summed E-state index contributed by atoms with van der Waals surface area (Å²) in [4.78, 5) is 22.8. The molecule has 9 heteroatoms. The van der Waals surface area contributed by atoms with Crippen molar-refractivity contribution >= 4 is 25.6 Å². The normalized spacial score (nSPS) is 12.2. The number of benzene rings is 1. The molecule has 0 aliphatic rings. The maximum absolute atomic E-state index is 12.3. The zero-order valence-corrected chi connectivity index (χ0v) is 15.3. The standard InChI is InChI=1S/C16H21F3O5Si/c1-4-22-25(23-5-2,24-6-3)13-9-7-12(8-10-13)14(20)11-15(21)16(17,18)19/h7-10H,4-6,11H2,1-3H3. The van der Waals surface area contributed by atoms with Crippen LogP contribution in [0.4, 0.5) is 13.2 Å². The van der Waals surface area contributed by atoms with Gasteiger partial charge in [0.2, 0.25) is 5.78 Å². The van der Waals surface area contributed by atoms with Gasteiger partial charge in [-0.1, -0.05) is 24.3 Å². The summed E-state index contributed by atoms with van der Waals surface area (Å²) < 4.78 is 53.9. The molecule has 5 nitrogen and oxygen atoms in total. The number of ketones is 2. The van der Waals surface area contributed by atoms with E-state index in [-0.39, 0.29) is 5.56 Å². The Labute approximate surface area is 145 Å². The monoisotopic (exact) mass is 378 g/mol. The van der Waals surface area contributed by atoms with E-state index in [9.17, 15) is 22.8 Å². The molecule has 0 bridgehead atoms. The summed E-state index contributed by atoms with van der Waals surface area (Å²) in [5.74, 6) is -2.96. The quantitative estimate of drug-likeness (QED) is 0.356. The molecule has 0 atom stereocenters. The van der Waals surface area contributed by atoms with E-state index >= 15 is 0 Å². The van der Waals surface area contributed by atoms with Gasteiger partial charge in [-0.25, -0.2) is 0 Å². The fraction of sp³-hybridized carbons (Fsp3) is 0.500. The molecular formula is C16H21F3O5Si. The highest BCUT2D eigenvalue weighted by Crippen LogP contribution is 2.19. The zero-order valence-electron chi connectivity index (χ0n) is 14.3. The fourth-order valence-electron chi connectivity index (χ4n) is 2.15. The van der Waals surface area contributed by atoms with Gasteiger partial charge in [0.05, 0.1) is 6.42 Å². The average Bonchev–Trinajstić information content (AvgIpc) is 2.54. The van der Waals surface area contributed by atoms with Gasteiger partial charge in [-0.3, -0.25) is 9.59 Å². The van der Waals surface area contributed by atoms with Gasteiger partial charge >= 0.3 is 15.0 Å². The molecule has 0 N–H and O–H groups in total. The van der Waals surface area contributed by atoms with Crippen LogP contribution in [-0.4, -0.2) is 46.4 Å². The van der Waals surface area contributed by atoms with Gasteiger partial charge in [-0.05, 0) is 20.8 Å². The third-order valence-corrected chi connectivity index (χ3v) is 6.25. The average molecular weight is 378 g/mol. The van der Waals surface area contributed by atoms with Gasteiger partial charge in [-0.15, -0.1) is 0 Å². The Kier molecular flexibility index (Phi) is 7.93. The zero-order chi connectivity index (χ0) is 19.1. The number of rotatable bonds is 10. The second-order valence-electron chi connectivity index (χ2n) is 4.95. The number of hydrogen-bond donors (Lipinski definition) is 0. The van der Waals surface area contributed by atoms with E-state index in [1.807, 2.05) is 0 Å². The first-order valence-corrected chi connectivity index (χ1v) is 9.58. The molecule has 0 fully saturated rings. The molecule has 0 saturated carbocycles. The summed E-state index contributed by atoms with van der Waals surface area (Å²) in [5, 5.41) is 0.594. The van der Waals surface area contributed by atoms with Crippen LogP contribution in [0.25, 0.3) is 0 Å². The van der Waals surface area contributed by atoms with E-state index in [0.29, 0.717) is 25.0 Å². The number of alkyl halides is 3. The van der Waals surface area contributed by atoms with Crippen LogP contribution in [0.2, 0.25) is 0 Å². The summed E-state index contributed by atoms with van der Waals surface area (Å²) in [6.07, 6.45) is -6.23. The Morgan fingerprint density at radius 3 is 1.72 bits per heavy atom. The molecule has 0 amide bonds. The Hall–Kier alpha value is -1.55. The van der Waals surface area contributed by atoms with Gasteiger partial charge < -0.3 is 13.3 Å². The summed E-state index contributed by atoms with van der Waals surface area (Å²) in [6, 6.07) is 5.75. The van der Waals surface area contributed by atoms with E-state index in [4.69, 9.17) is 13.3 Å². The molecule has 25 heavy (non-hydrogen) atoms. The number of carbonyl (C=O) groups is 2. The molecule has 1 aromatic rings. The van der Waals surface area contributed by atoms with Crippen molar-refractivity contribution in [1.82, 2.24) is 0 Å². The topological polar surface area (TPSA) is 61.8 Å². The van der Waals surface area contributed by atoms with E-state index in [1.54, 1.807) is 20.8 Å². The smallest absolute Gasteiger partial charge is 0.370 e. The molecule has 0 aromatic heterocycles. The summed E-state index contributed by atoms with van der Waals surface area (Å²) >= 11 is 0. The van der Waals surface area contributed by atoms with E-state index in [2.05, 4.69) is 0 Å². The van der Waals surface area contributed by atoms with Crippen molar-refractivity contribution in [2.24, 2.45) is 0 Å². The van der Waals surface area contributed by atoms with Crippen molar-refractivity contribution < 1.29 is 36.0 Å². The van der Waals surface area contributed by atoms with Gasteiger partial charge in [0.1, 0.15) is 0 Å². The van der Waals surface area contributed by atoms with E-state index in [0.717, 1.165) is 0 Å². The highest BCUT2D eigenvalue weighted by atomic mass is 28.4. The Morgan fingerprint density at radius 2 is 1.36 bits per heavy atom. The predicted octanol–water partition coefficient (Wildman–Crippen LogP) is 2.65. The molecule has 0 unspecified atom stereocenters. The van der Waals surface area contributed by atoms with Crippen LogP contribution in [-0.2, 0) is 18.1 Å². The van der Waals surface area contributed by atoms with E-state index < -0.39 is 33.0 Å². The second kappa shape index (κ2) is 9.23. The maximum Gasteiger partial charge on any atom is 0.537 e. The highest BCUT2D eigenvalue weighted by Gasteiger charge is 2.43. The van der Waals surface area contributed by atoms with Crippen molar-refractivity contribution in [2.45, 2.75) is 33.4 Å². The first-order valence-electron chi connectivity index (χ1n) is 7.85. The number of carbonyl (C=O) groups excluding carboxylic acids is 2. The number of Topliss-reactive ketones (excluding diaryl/α,β-unsaturated/α-hetero) is 2. The van der Waals surface area contributed by atoms with Gasteiger partial charge in [0.15, 0.2) is 5.78 Å². The third kappa shape index (κ3) is 5.74. The first-order chi connectivity index (χ1) is 11.7. The first kappa shape index (κ1) is 21.5. The van der Waals surface area contributed by atoms with Crippen LogP contribution in [0, 0.1) is 0 Å². The van der Waals surface area contributed by atoms with Crippen molar-refractivity contribution in [3.8, 4) is 0 Å². The van der Waals surface area contributed by atoms with Crippen molar-refractivity contribution in [1.29, 1.82) is 0 Å². The number of halogens is 3. The molecule has 1 aromatic carbocycles. The molecular weight excluding hydrogens is 357 g/mol. The van der Waals surface area contributed by atoms with Crippen LogP contribution >= 0.6 is 0 Å². The lowest BCUT2D eigenvalue weighted by atomic mass is 10.1. The van der Waals surface area contributed by atoms with Crippen molar-refractivity contribution in [3.63, 3.8) is 0 Å². The fourth-order valence-corrected chi connectivity index (χ4v) is 4.62. The molecule has 0 aliphatic carbocycles. The molecule has 140 valence electrons. The van der Waals surface area contributed by atoms with Crippen LogP contribution in [0.1, 0.15) is 37.6 Å². The molecule has 1 rings (SSSR count). The van der Waals surface area contributed by atoms with E-state index in [1.165, 1.54) is 24.3 Å². The van der Waals surface area contributed by atoms with Crippen molar-refractivity contribution in [3.05, 3.63) is 29.8 Å². The maximum atomic E-state index is 12.3. The van der Waals surface area contributed by atoms with Crippen LogP contribution in [0.15, 0.2) is 24.3 Å². The molecule has 0 radical (unpaired) electrons. The molecule has 0 heterocycles. The highest BCUT2D eigenvalue weighted by molar-refractivity contribution is 6.75. The summed E-state index contributed by atoms with van der Waals surface area (Å²) in [6.45, 7) is 6.44. The predicted molar refractivity (Wildman–Crippen MR) is 86.7 cm³/mol. The summed E-state index contributed by atoms with van der Waals surface area (Å²) in [7, 11) is -3.15. The Balaban J connectivity index is 3.02. The SMILES string of the molecule is CCO[Si](OCC)(OCC)c1ccc(C(=O)CC(=O)C(F)(F)F)cc1. The minimum atomic E-state index is -5.02.